The molecule has 0 fully saturated rings. The number of nitrogens with zero attached hydrogens (tertiary/aromatic N) is 1. The molecule has 0 aromatic heterocycles. The van der Waals surface area contributed by atoms with Crippen molar-refractivity contribution in [1.82, 2.24) is 10.2 Å². The van der Waals surface area contributed by atoms with Gasteiger partial charge in [-0.15, -0.1) is 0 Å². The second-order valence-electron chi connectivity index (χ2n) is 4.27. The van der Waals surface area contributed by atoms with E-state index >= 15 is 0 Å². The van der Waals surface area contributed by atoms with Crippen LogP contribution in [-0.4, -0.2) is 38.0 Å². The normalized spacial score (nSPS) is 10.7. The van der Waals surface area contributed by atoms with Gasteiger partial charge in [-0.1, -0.05) is 23.2 Å². The highest BCUT2D eigenvalue weighted by atomic mass is 35.5. The molecule has 18 heavy (non-hydrogen) atoms. The van der Waals surface area contributed by atoms with Crippen molar-refractivity contribution in [2.75, 3.05) is 32.9 Å². The summed E-state index contributed by atoms with van der Waals surface area (Å²) in [5.74, 6) is -0.197. The number of anilines is 1. The van der Waals surface area contributed by atoms with Crippen molar-refractivity contribution in [2.24, 2.45) is 0 Å². The minimum absolute atomic E-state index is 0.197. The van der Waals surface area contributed by atoms with Crippen LogP contribution in [0.15, 0.2) is 12.1 Å². The first-order valence-corrected chi connectivity index (χ1v) is 6.35. The van der Waals surface area contributed by atoms with Gasteiger partial charge in [0.25, 0.3) is 5.91 Å². The quantitative estimate of drug-likeness (QED) is 0.646. The predicted molar refractivity (Wildman–Crippen MR) is 76.4 cm³/mol. The highest BCUT2D eigenvalue weighted by Gasteiger charge is 2.10. The van der Waals surface area contributed by atoms with Gasteiger partial charge in [0.2, 0.25) is 0 Å². The average molecular weight is 290 g/mol. The lowest BCUT2D eigenvalue weighted by molar-refractivity contribution is 0.0952. The first-order valence-electron chi connectivity index (χ1n) is 5.59. The Labute approximate surface area is 117 Å². The summed E-state index contributed by atoms with van der Waals surface area (Å²) in [7, 11) is 3.97. The number of hydrogen-bond acceptors (Lipinski definition) is 3. The number of halogens is 2. The van der Waals surface area contributed by atoms with E-state index in [1.807, 2.05) is 14.1 Å². The zero-order valence-corrected chi connectivity index (χ0v) is 12.0. The summed E-state index contributed by atoms with van der Waals surface area (Å²) < 4.78 is 0. The van der Waals surface area contributed by atoms with E-state index in [1.165, 1.54) is 12.1 Å². The minimum atomic E-state index is -0.197. The van der Waals surface area contributed by atoms with Crippen LogP contribution in [0.4, 0.5) is 5.69 Å². The zero-order valence-electron chi connectivity index (χ0n) is 10.5. The minimum Gasteiger partial charge on any atom is -0.396 e. The Bertz CT molecular complexity index is 412. The lowest BCUT2D eigenvalue weighted by Crippen LogP contribution is -2.27. The molecule has 1 aromatic rings. The molecule has 0 aliphatic rings. The number of nitrogens with two attached hydrogens (primary N) is 1. The Kier molecular flexibility index (Phi) is 5.72. The van der Waals surface area contributed by atoms with Gasteiger partial charge in [-0.25, -0.2) is 0 Å². The summed E-state index contributed by atoms with van der Waals surface area (Å²) >= 11 is 11.7. The molecular formula is C12H17Cl2N3O. The molecule has 0 spiro atoms. The SMILES string of the molecule is CN(C)CCCNC(=O)c1cc(Cl)c(N)c(Cl)c1. The van der Waals surface area contributed by atoms with Gasteiger partial charge >= 0.3 is 0 Å². The number of nitrogens with one attached hydrogen (secondary N) is 1. The van der Waals surface area contributed by atoms with E-state index in [4.69, 9.17) is 28.9 Å². The summed E-state index contributed by atoms with van der Waals surface area (Å²) in [6, 6.07) is 3.04. The molecule has 0 atom stereocenters. The maximum Gasteiger partial charge on any atom is 0.251 e. The molecule has 3 N–H and O–H groups in total. The molecule has 0 saturated heterocycles. The molecule has 1 amide bonds. The van der Waals surface area contributed by atoms with Gasteiger partial charge in [0, 0.05) is 12.1 Å². The van der Waals surface area contributed by atoms with Crippen LogP contribution in [0.5, 0.6) is 0 Å². The van der Waals surface area contributed by atoms with Crippen molar-refractivity contribution in [3.8, 4) is 0 Å². The first-order chi connectivity index (χ1) is 8.41. The van der Waals surface area contributed by atoms with Crippen LogP contribution in [0.3, 0.4) is 0 Å². The van der Waals surface area contributed by atoms with Crippen LogP contribution in [0, 0.1) is 0 Å². The molecule has 0 radical (unpaired) electrons. The molecule has 4 nitrogen and oxygen atoms in total. The first kappa shape index (κ1) is 15.1. The molecule has 0 saturated carbocycles. The van der Waals surface area contributed by atoms with Crippen LogP contribution >= 0.6 is 23.2 Å². The lowest BCUT2D eigenvalue weighted by atomic mass is 10.2. The van der Waals surface area contributed by atoms with E-state index < -0.39 is 0 Å². The van der Waals surface area contributed by atoms with E-state index in [0.717, 1.165) is 13.0 Å². The molecule has 0 heterocycles. The topological polar surface area (TPSA) is 58.4 Å². The van der Waals surface area contributed by atoms with Gasteiger partial charge in [0.05, 0.1) is 15.7 Å². The van der Waals surface area contributed by atoms with Gasteiger partial charge in [0.15, 0.2) is 0 Å². The third kappa shape index (κ3) is 4.37. The number of amides is 1. The van der Waals surface area contributed by atoms with Gasteiger partial charge in [0.1, 0.15) is 0 Å². The highest BCUT2D eigenvalue weighted by molar-refractivity contribution is 6.39. The van der Waals surface area contributed by atoms with Crippen LogP contribution in [0.2, 0.25) is 10.0 Å². The van der Waals surface area contributed by atoms with E-state index in [2.05, 4.69) is 10.2 Å². The van der Waals surface area contributed by atoms with Gasteiger partial charge in [-0.3, -0.25) is 4.79 Å². The predicted octanol–water partition coefficient (Wildman–Crippen LogP) is 2.26. The second-order valence-corrected chi connectivity index (χ2v) is 5.08. The number of benzene rings is 1. The molecule has 0 aliphatic heterocycles. The second kappa shape index (κ2) is 6.83. The maximum atomic E-state index is 11.8. The van der Waals surface area contributed by atoms with Crippen molar-refractivity contribution in [3.63, 3.8) is 0 Å². The Morgan fingerprint density at radius 2 is 1.89 bits per heavy atom. The largest absolute Gasteiger partial charge is 0.396 e. The molecular weight excluding hydrogens is 273 g/mol. The van der Waals surface area contributed by atoms with Crippen LogP contribution in [-0.2, 0) is 0 Å². The van der Waals surface area contributed by atoms with Crippen molar-refractivity contribution in [2.45, 2.75) is 6.42 Å². The Hall–Kier alpha value is -0.970. The van der Waals surface area contributed by atoms with E-state index in [1.54, 1.807) is 0 Å². The van der Waals surface area contributed by atoms with Crippen molar-refractivity contribution >= 4 is 34.8 Å². The number of carbonyl (C=O) groups is 1. The fourth-order valence-electron chi connectivity index (χ4n) is 1.41. The van der Waals surface area contributed by atoms with Crippen molar-refractivity contribution in [3.05, 3.63) is 27.7 Å². The number of hydrogen-bond donors (Lipinski definition) is 2. The number of rotatable bonds is 5. The number of nitrogen functional groups attached to an aromatic ring is 1. The smallest absolute Gasteiger partial charge is 0.251 e. The maximum absolute atomic E-state index is 11.8. The van der Waals surface area contributed by atoms with E-state index in [-0.39, 0.29) is 5.91 Å². The highest BCUT2D eigenvalue weighted by Crippen LogP contribution is 2.28. The van der Waals surface area contributed by atoms with E-state index in [9.17, 15) is 4.79 Å². The molecule has 1 rings (SSSR count). The van der Waals surface area contributed by atoms with Gasteiger partial charge in [-0.05, 0) is 39.2 Å². The Balaban J connectivity index is 2.57. The fraction of sp³-hybridized carbons (Fsp3) is 0.417. The molecule has 100 valence electrons. The summed E-state index contributed by atoms with van der Waals surface area (Å²) in [6.45, 7) is 1.53. The molecule has 0 bridgehead atoms. The lowest BCUT2D eigenvalue weighted by Gasteiger charge is -2.10. The monoisotopic (exact) mass is 289 g/mol. The van der Waals surface area contributed by atoms with Crippen LogP contribution in [0.25, 0.3) is 0 Å². The molecule has 1 aromatic carbocycles. The van der Waals surface area contributed by atoms with Crippen molar-refractivity contribution < 1.29 is 4.79 Å². The molecule has 0 unspecified atom stereocenters. The standard InChI is InChI=1S/C12H17Cl2N3O/c1-17(2)5-3-4-16-12(18)8-6-9(13)11(15)10(14)7-8/h6-7H,3-5,15H2,1-2H3,(H,16,18). The van der Waals surface area contributed by atoms with Crippen LogP contribution in [0.1, 0.15) is 16.8 Å². The van der Waals surface area contributed by atoms with Gasteiger partial charge < -0.3 is 16.0 Å². The summed E-state index contributed by atoms with van der Waals surface area (Å²) in [5, 5.41) is 3.39. The summed E-state index contributed by atoms with van der Waals surface area (Å²) in [5.41, 5.74) is 6.32. The average Bonchev–Trinajstić information content (AvgIpc) is 2.30. The van der Waals surface area contributed by atoms with E-state index in [0.29, 0.717) is 27.8 Å². The Morgan fingerprint density at radius 3 is 2.39 bits per heavy atom. The zero-order chi connectivity index (χ0) is 13.7. The summed E-state index contributed by atoms with van der Waals surface area (Å²) in [6.07, 6.45) is 0.884. The fourth-order valence-corrected chi connectivity index (χ4v) is 1.90. The Morgan fingerprint density at radius 1 is 1.33 bits per heavy atom. The van der Waals surface area contributed by atoms with Crippen molar-refractivity contribution in [1.29, 1.82) is 0 Å². The molecule has 0 aliphatic carbocycles. The van der Waals surface area contributed by atoms with Crippen LogP contribution < -0.4 is 11.1 Å². The number of carbonyl (C=O) groups excluding carboxylic acids is 1. The summed E-state index contributed by atoms with van der Waals surface area (Å²) in [4.78, 5) is 13.9. The third-order valence-corrected chi connectivity index (χ3v) is 3.03. The van der Waals surface area contributed by atoms with Gasteiger partial charge in [-0.2, -0.15) is 0 Å². The molecule has 6 heteroatoms. The third-order valence-electron chi connectivity index (χ3n) is 2.41.